The van der Waals surface area contributed by atoms with Crippen LogP contribution in [0.1, 0.15) is 35.7 Å². The summed E-state index contributed by atoms with van der Waals surface area (Å²) in [6.07, 6.45) is 2.11. The van der Waals surface area contributed by atoms with Gasteiger partial charge in [0, 0.05) is 29.0 Å². The average Bonchev–Trinajstić information content (AvgIpc) is 2.37. The highest BCUT2D eigenvalue weighted by molar-refractivity contribution is 9.09. The summed E-state index contributed by atoms with van der Waals surface area (Å²) in [5, 5.41) is 1.44. The van der Waals surface area contributed by atoms with E-state index in [2.05, 4.69) is 22.9 Å². The van der Waals surface area contributed by atoms with Crippen molar-refractivity contribution in [3.05, 3.63) is 34.3 Å². The van der Waals surface area contributed by atoms with Gasteiger partial charge in [0.15, 0.2) is 0 Å². The number of hydrogen-bond acceptors (Lipinski definition) is 1. The molecule has 1 rings (SSSR count). The normalized spacial score (nSPS) is 10.4. The van der Waals surface area contributed by atoms with E-state index >= 15 is 0 Å². The first-order valence-electron chi connectivity index (χ1n) is 6.22. The van der Waals surface area contributed by atoms with E-state index in [0.717, 1.165) is 36.8 Å². The third-order valence-corrected chi connectivity index (χ3v) is 3.69. The Morgan fingerprint density at radius 2 is 2.11 bits per heavy atom. The molecule has 0 unspecified atom stereocenters. The molecule has 0 atom stereocenters. The van der Waals surface area contributed by atoms with Crippen LogP contribution in [-0.2, 0) is 0 Å². The first-order chi connectivity index (χ1) is 8.61. The van der Waals surface area contributed by atoms with E-state index in [1.54, 1.807) is 0 Å². The topological polar surface area (TPSA) is 20.3 Å². The number of benzene rings is 1. The van der Waals surface area contributed by atoms with Crippen LogP contribution in [0.5, 0.6) is 0 Å². The fraction of sp³-hybridized carbons (Fsp3) is 0.500. The van der Waals surface area contributed by atoms with Crippen molar-refractivity contribution < 1.29 is 4.79 Å². The summed E-state index contributed by atoms with van der Waals surface area (Å²) in [4.78, 5) is 14.3. The van der Waals surface area contributed by atoms with E-state index in [9.17, 15) is 4.79 Å². The molecule has 1 aromatic rings. The molecule has 0 radical (unpaired) electrons. The lowest BCUT2D eigenvalue weighted by atomic mass is 10.1. The molecule has 100 valence electrons. The van der Waals surface area contributed by atoms with Crippen molar-refractivity contribution in [2.45, 2.75) is 26.7 Å². The van der Waals surface area contributed by atoms with E-state index < -0.39 is 0 Å². The maximum atomic E-state index is 12.5. The lowest BCUT2D eigenvalue weighted by Crippen LogP contribution is -2.34. The average molecular weight is 333 g/mol. The van der Waals surface area contributed by atoms with Gasteiger partial charge in [-0.1, -0.05) is 46.9 Å². The third-order valence-electron chi connectivity index (χ3n) is 2.92. The molecule has 18 heavy (non-hydrogen) atoms. The first-order valence-corrected chi connectivity index (χ1v) is 7.72. The molecule has 0 saturated carbocycles. The van der Waals surface area contributed by atoms with Crippen LogP contribution in [0.3, 0.4) is 0 Å². The smallest absolute Gasteiger partial charge is 0.254 e. The van der Waals surface area contributed by atoms with Gasteiger partial charge in [0.1, 0.15) is 0 Å². The van der Waals surface area contributed by atoms with Crippen LogP contribution in [0.25, 0.3) is 0 Å². The Labute approximate surface area is 122 Å². The minimum absolute atomic E-state index is 0.0721. The summed E-state index contributed by atoms with van der Waals surface area (Å²) in [5.74, 6) is 0.0721. The minimum Gasteiger partial charge on any atom is -0.338 e. The Morgan fingerprint density at radius 3 is 2.72 bits per heavy atom. The third kappa shape index (κ3) is 3.99. The number of hydrogen-bond donors (Lipinski definition) is 0. The quantitative estimate of drug-likeness (QED) is 0.712. The minimum atomic E-state index is 0.0721. The maximum Gasteiger partial charge on any atom is 0.254 e. The lowest BCUT2D eigenvalue weighted by molar-refractivity contribution is 0.0763. The van der Waals surface area contributed by atoms with Gasteiger partial charge in [-0.2, -0.15) is 0 Å². The van der Waals surface area contributed by atoms with Gasteiger partial charge in [-0.15, -0.1) is 0 Å². The number of unbranched alkanes of at least 4 members (excludes halogenated alkanes) is 1. The van der Waals surface area contributed by atoms with E-state index in [1.807, 2.05) is 30.0 Å². The summed E-state index contributed by atoms with van der Waals surface area (Å²) in [5.41, 5.74) is 1.57. The molecule has 1 amide bonds. The molecule has 0 aliphatic heterocycles. The largest absolute Gasteiger partial charge is 0.338 e. The first kappa shape index (κ1) is 15.5. The van der Waals surface area contributed by atoms with Gasteiger partial charge < -0.3 is 4.90 Å². The molecule has 0 saturated heterocycles. The molecule has 1 aromatic carbocycles. The predicted octanol–water partition coefficient (Wildman–Crippen LogP) is 4.29. The molecule has 0 spiro atoms. The number of carbonyl (C=O) groups excluding carboxylic acids is 1. The Kier molecular flexibility index (Phi) is 6.72. The molecule has 0 fully saturated rings. The van der Waals surface area contributed by atoms with Gasteiger partial charge in [0.25, 0.3) is 5.91 Å². The van der Waals surface area contributed by atoms with Crippen molar-refractivity contribution in [3.63, 3.8) is 0 Å². The summed E-state index contributed by atoms with van der Waals surface area (Å²) in [6.45, 7) is 5.54. The molecule has 0 bridgehead atoms. The number of rotatable bonds is 6. The molecule has 0 N–H and O–H groups in total. The van der Waals surface area contributed by atoms with Crippen LogP contribution in [0, 0.1) is 6.92 Å². The fourth-order valence-corrected chi connectivity index (χ4v) is 2.38. The summed E-state index contributed by atoms with van der Waals surface area (Å²) in [7, 11) is 0. The fourth-order valence-electron chi connectivity index (χ4n) is 1.78. The van der Waals surface area contributed by atoms with Gasteiger partial charge in [0.05, 0.1) is 0 Å². The maximum absolute atomic E-state index is 12.5. The van der Waals surface area contributed by atoms with Crippen LogP contribution in [-0.4, -0.2) is 29.2 Å². The van der Waals surface area contributed by atoms with Crippen LogP contribution < -0.4 is 0 Å². The van der Waals surface area contributed by atoms with Crippen molar-refractivity contribution in [2.24, 2.45) is 0 Å². The Bertz CT molecular complexity index is 409. The second kappa shape index (κ2) is 7.80. The second-order valence-electron chi connectivity index (χ2n) is 4.25. The van der Waals surface area contributed by atoms with Gasteiger partial charge in [-0.25, -0.2) is 0 Å². The van der Waals surface area contributed by atoms with Crippen LogP contribution in [0.2, 0.25) is 5.02 Å². The SMILES string of the molecule is CCCCN(CCBr)C(=O)c1cccc(Cl)c1C. The number of amides is 1. The molecular weight excluding hydrogens is 314 g/mol. The molecule has 4 heteroatoms. The van der Waals surface area contributed by atoms with Gasteiger partial charge >= 0.3 is 0 Å². The Balaban J connectivity index is 2.90. The zero-order valence-electron chi connectivity index (χ0n) is 10.9. The van der Waals surface area contributed by atoms with E-state index in [0.29, 0.717) is 10.6 Å². The summed E-state index contributed by atoms with van der Waals surface area (Å²) in [6, 6.07) is 5.49. The van der Waals surface area contributed by atoms with E-state index in [4.69, 9.17) is 11.6 Å². The van der Waals surface area contributed by atoms with Gasteiger partial charge in [-0.05, 0) is 31.0 Å². The number of nitrogens with zero attached hydrogens (tertiary/aromatic N) is 1. The molecule has 0 heterocycles. The Hall–Kier alpha value is -0.540. The van der Waals surface area contributed by atoms with Crippen molar-refractivity contribution in [2.75, 3.05) is 18.4 Å². The summed E-state index contributed by atoms with van der Waals surface area (Å²) < 4.78 is 0. The highest BCUT2D eigenvalue weighted by atomic mass is 79.9. The number of carbonyl (C=O) groups is 1. The monoisotopic (exact) mass is 331 g/mol. The van der Waals surface area contributed by atoms with Gasteiger partial charge in [-0.3, -0.25) is 4.79 Å². The highest BCUT2D eigenvalue weighted by Crippen LogP contribution is 2.20. The van der Waals surface area contributed by atoms with E-state index in [-0.39, 0.29) is 5.91 Å². The molecule has 0 aliphatic rings. The van der Waals surface area contributed by atoms with Crippen LogP contribution >= 0.6 is 27.5 Å². The molecule has 0 aliphatic carbocycles. The lowest BCUT2D eigenvalue weighted by Gasteiger charge is -2.22. The van der Waals surface area contributed by atoms with Crippen molar-refractivity contribution >= 4 is 33.4 Å². The zero-order valence-corrected chi connectivity index (χ0v) is 13.2. The standard InChI is InChI=1S/C14H19BrClNO/c1-3-4-9-17(10-8-15)14(18)12-6-5-7-13(16)11(12)2/h5-7H,3-4,8-10H2,1-2H3. The number of alkyl halides is 1. The van der Waals surface area contributed by atoms with E-state index in [1.165, 1.54) is 0 Å². The van der Waals surface area contributed by atoms with Crippen molar-refractivity contribution in [1.82, 2.24) is 4.90 Å². The van der Waals surface area contributed by atoms with Gasteiger partial charge in [0.2, 0.25) is 0 Å². The van der Waals surface area contributed by atoms with Crippen molar-refractivity contribution in [1.29, 1.82) is 0 Å². The zero-order chi connectivity index (χ0) is 13.5. The summed E-state index contributed by atoms with van der Waals surface area (Å²) >= 11 is 9.46. The Morgan fingerprint density at radius 1 is 1.39 bits per heavy atom. The predicted molar refractivity (Wildman–Crippen MR) is 80.8 cm³/mol. The number of halogens is 2. The molecule has 0 aromatic heterocycles. The second-order valence-corrected chi connectivity index (χ2v) is 5.45. The van der Waals surface area contributed by atoms with Crippen LogP contribution in [0.4, 0.5) is 0 Å². The highest BCUT2D eigenvalue weighted by Gasteiger charge is 2.17. The van der Waals surface area contributed by atoms with Crippen molar-refractivity contribution in [3.8, 4) is 0 Å². The molecule has 2 nitrogen and oxygen atoms in total. The van der Waals surface area contributed by atoms with Crippen LogP contribution in [0.15, 0.2) is 18.2 Å². The molecular formula is C14H19BrClNO.